The van der Waals surface area contributed by atoms with Crippen molar-refractivity contribution >= 4 is 11.9 Å². The van der Waals surface area contributed by atoms with Crippen LogP contribution in [0.5, 0.6) is 0 Å². The Morgan fingerprint density at radius 1 is 1.50 bits per heavy atom. The van der Waals surface area contributed by atoms with Crippen LogP contribution in [-0.2, 0) is 4.79 Å². The fourth-order valence-electron chi connectivity index (χ4n) is 1.08. The largest absolute Gasteiger partial charge is 0.480 e. The molecule has 1 atom stereocenters. The predicted molar refractivity (Wildman–Crippen MR) is 52.0 cm³/mol. The molecule has 8 heteroatoms. The number of rotatable bonds is 5. The van der Waals surface area contributed by atoms with E-state index in [2.05, 4.69) is 15.3 Å². The molecule has 0 aliphatic carbocycles. The van der Waals surface area contributed by atoms with E-state index in [0.29, 0.717) is 0 Å². The van der Waals surface area contributed by atoms with E-state index in [1.165, 1.54) is 0 Å². The third kappa shape index (κ3) is 2.95. The summed E-state index contributed by atoms with van der Waals surface area (Å²) in [6.45, 7) is -0.360. The van der Waals surface area contributed by atoms with Gasteiger partial charge in [0.25, 0.3) is 5.91 Å². The molecule has 5 N–H and O–H groups in total. The number of hydrogen-bond donors (Lipinski definition) is 5. The highest BCUT2D eigenvalue weighted by Crippen LogP contribution is 1.95. The van der Waals surface area contributed by atoms with E-state index in [9.17, 15) is 14.4 Å². The van der Waals surface area contributed by atoms with E-state index >= 15 is 0 Å². The Kier molecular flexibility index (Phi) is 3.84. The molecule has 0 aliphatic rings. The number of carboxylic acids is 1. The van der Waals surface area contributed by atoms with Crippen LogP contribution < -0.4 is 11.0 Å². The fraction of sp³-hybridized carbons (Fsp3) is 0.375. The zero-order valence-corrected chi connectivity index (χ0v) is 8.19. The summed E-state index contributed by atoms with van der Waals surface area (Å²) < 4.78 is 0. The number of aromatic amines is 2. The van der Waals surface area contributed by atoms with Gasteiger partial charge in [-0.25, -0.2) is 9.59 Å². The summed E-state index contributed by atoms with van der Waals surface area (Å²) in [5.41, 5.74) is -0.617. The first-order valence-corrected chi connectivity index (χ1v) is 4.47. The molecule has 0 unspecified atom stereocenters. The van der Waals surface area contributed by atoms with E-state index in [4.69, 9.17) is 10.2 Å². The average molecular weight is 229 g/mol. The highest BCUT2D eigenvalue weighted by atomic mass is 16.4. The Balaban J connectivity index is 2.68. The van der Waals surface area contributed by atoms with E-state index in [1.54, 1.807) is 0 Å². The number of aliphatic hydroxyl groups is 1. The van der Waals surface area contributed by atoms with Gasteiger partial charge in [-0.1, -0.05) is 0 Å². The molecule has 16 heavy (non-hydrogen) atoms. The minimum absolute atomic E-state index is 0.0609. The molecule has 0 saturated heterocycles. The lowest BCUT2D eigenvalue weighted by atomic mass is 10.2. The van der Waals surface area contributed by atoms with Crippen LogP contribution in [0.15, 0.2) is 11.0 Å². The van der Waals surface area contributed by atoms with Crippen molar-refractivity contribution in [1.82, 2.24) is 15.3 Å². The van der Waals surface area contributed by atoms with Gasteiger partial charge in [0.05, 0.1) is 0 Å². The van der Waals surface area contributed by atoms with Crippen LogP contribution in [0, 0.1) is 0 Å². The van der Waals surface area contributed by atoms with Crippen LogP contribution in [0.25, 0.3) is 0 Å². The average Bonchev–Trinajstić information content (AvgIpc) is 2.64. The molecule has 0 aromatic carbocycles. The van der Waals surface area contributed by atoms with Crippen molar-refractivity contribution in [2.24, 2.45) is 0 Å². The number of nitrogens with one attached hydrogen (secondary N) is 3. The van der Waals surface area contributed by atoms with E-state index in [0.717, 1.165) is 6.20 Å². The molecule has 1 aromatic heterocycles. The molecule has 0 saturated carbocycles. The van der Waals surface area contributed by atoms with Crippen molar-refractivity contribution in [2.45, 2.75) is 12.5 Å². The van der Waals surface area contributed by atoms with Crippen LogP contribution in [0.4, 0.5) is 0 Å². The Bertz CT molecular complexity index is 435. The van der Waals surface area contributed by atoms with Crippen molar-refractivity contribution in [3.05, 3.63) is 22.4 Å². The van der Waals surface area contributed by atoms with Gasteiger partial charge in [-0.3, -0.25) is 4.79 Å². The molecule has 88 valence electrons. The minimum Gasteiger partial charge on any atom is -0.480 e. The van der Waals surface area contributed by atoms with E-state index in [1.807, 2.05) is 0 Å². The summed E-state index contributed by atoms with van der Waals surface area (Å²) in [6.07, 6.45) is 1.03. The lowest BCUT2D eigenvalue weighted by Gasteiger charge is -2.11. The minimum atomic E-state index is -1.25. The molecule has 0 fully saturated rings. The maximum Gasteiger partial charge on any atom is 0.326 e. The number of H-pyrrole nitrogens is 2. The first-order valence-electron chi connectivity index (χ1n) is 4.47. The van der Waals surface area contributed by atoms with Crippen LogP contribution >= 0.6 is 0 Å². The number of amides is 1. The molecule has 8 nitrogen and oxygen atoms in total. The Hall–Kier alpha value is -2.09. The van der Waals surface area contributed by atoms with Gasteiger partial charge in [-0.05, 0) is 0 Å². The molecule has 1 aromatic rings. The Morgan fingerprint density at radius 2 is 2.19 bits per heavy atom. The number of carboxylic acid groups (broad SMARTS) is 1. The summed E-state index contributed by atoms with van der Waals surface area (Å²) in [6, 6.07) is -1.18. The first kappa shape index (κ1) is 12.0. The SMILES string of the molecule is O=C(N[C@H](CCO)C(=O)O)c1c[nH]c(=O)[nH]1. The third-order valence-corrected chi connectivity index (χ3v) is 1.86. The van der Waals surface area contributed by atoms with Crippen LogP contribution in [-0.4, -0.2) is 44.7 Å². The first-order chi connectivity index (χ1) is 7.54. The smallest absolute Gasteiger partial charge is 0.326 e. The summed E-state index contributed by atoms with van der Waals surface area (Å²) in [4.78, 5) is 37.1. The molecule has 0 aliphatic heterocycles. The molecular weight excluding hydrogens is 218 g/mol. The van der Waals surface area contributed by atoms with Gasteiger partial charge in [0, 0.05) is 19.2 Å². The summed E-state index contributed by atoms with van der Waals surface area (Å²) in [7, 11) is 0. The molecule has 0 radical (unpaired) electrons. The number of aliphatic carboxylic acids is 1. The quantitative estimate of drug-likeness (QED) is 0.408. The fourth-order valence-corrected chi connectivity index (χ4v) is 1.08. The highest BCUT2D eigenvalue weighted by molar-refractivity contribution is 5.94. The normalized spacial score (nSPS) is 12.1. The van der Waals surface area contributed by atoms with E-state index in [-0.39, 0.29) is 18.7 Å². The van der Waals surface area contributed by atoms with Gasteiger partial charge >= 0.3 is 11.7 Å². The lowest BCUT2D eigenvalue weighted by Crippen LogP contribution is -2.41. The molecule has 1 rings (SSSR count). The number of aromatic nitrogens is 2. The van der Waals surface area contributed by atoms with Crippen molar-refractivity contribution in [3.8, 4) is 0 Å². The number of hydrogen-bond acceptors (Lipinski definition) is 4. The van der Waals surface area contributed by atoms with Crippen molar-refractivity contribution in [3.63, 3.8) is 0 Å². The second-order valence-corrected chi connectivity index (χ2v) is 3.03. The zero-order chi connectivity index (χ0) is 12.1. The van der Waals surface area contributed by atoms with Gasteiger partial charge in [0.2, 0.25) is 0 Å². The Labute approximate surface area is 89.3 Å². The second kappa shape index (κ2) is 5.12. The van der Waals surface area contributed by atoms with Crippen molar-refractivity contribution in [1.29, 1.82) is 0 Å². The molecular formula is C8H11N3O5. The highest BCUT2D eigenvalue weighted by Gasteiger charge is 2.20. The maximum atomic E-state index is 11.4. The van der Waals surface area contributed by atoms with Gasteiger partial charge in [0.15, 0.2) is 0 Å². The van der Waals surface area contributed by atoms with Crippen LogP contribution in [0.3, 0.4) is 0 Å². The number of carbonyl (C=O) groups is 2. The predicted octanol–water partition coefficient (Wildman–Crippen LogP) is -1.73. The maximum absolute atomic E-state index is 11.4. The van der Waals surface area contributed by atoms with Crippen LogP contribution in [0.2, 0.25) is 0 Å². The van der Waals surface area contributed by atoms with Crippen LogP contribution in [0.1, 0.15) is 16.9 Å². The third-order valence-electron chi connectivity index (χ3n) is 1.86. The summed E-state index contributed by atoms with van der Waals surface area (Å²) in [5, 5.41) is 19.5. The van der Waals surface area contributed by atoms with Gasteiger partial charge < -0.3 is 25.5 Å². The van der Waals surface area contributed by atoms with Gasteiger partial charge in [0.1, 0.15) is 11.7 Å². The standard InChI is InChI=1S/C8H11N3O5/c12-2-1-4(7(14)15)10-6(13)5-3-9-8(16)11-5/h3-4,12H,1-2H2,(H,10,13)(H,14,15)(H2,9,11,16)/t4-/m1/s1. The molecule has 0 bridgehead atoms. The van der Waals surface area contributed by atoms with Crippen molar-refractivity contribution in [2.75, 3.05) is 6.61 Å². The van der Waals surface area contributed by atoms with Crippen molar-refractivity contribution < 1.29 is 19.8 Å². The lowest BCUT2D eigenvalue weighted by molar-refractivity contribution is -0.139. The monoisotopic (exact) mass is 229 g/mol. The van der Waals surface area contributed by atoms with Gasteiger partial charge in [-0.15, -0.1) is 0 Å². The second-order valence-electron chi connectivity index (χ2n) is 3.03. The topological polar surface area (TPSA) is 135 Å². The summed E-state index contributed by atoms with van der Waals surface area (Å²) in [5.74, 6) is -1.97. The van der Waals surface area contributed by atoms with Gasteiger partial charge in [-0.2, -0.15) is 0 Å². The Morgan fingerprint density at radius 3 is 2.62 bits per heavy atom. The number of aliphatic hydroxyl groups excluding tert-OH is 1. The number of imidazole rings is 1. The zero-order valence-electron chi connectivity index (χ0n) is 8.19. The number of carbonyl (C=O) groups excluding carboxylic acids is 1. The molecule has 1 amide bonds. The van der Waals surface area contributed by atoms with E-state index < -0.39 is 23.6 Å². The molecule has 1 heterocycles. The summed E-state index contributed by atoms with van der Waals surface area (Å²) >= 11 is 0. The molecule has 0 spiro atoms.